The standard InChI is InChI=1S/C25H20N2O4/c28-22(20-13-11-19(12-14-20)18-7-3-1-4-8-18)17-30-24(29)16-15-23-26-27-25(31-23)21-9-5-2-6-10-21/h1-14H,15-17H2. The number of aryl methyl sites for hydroxylation is 1. The molecule has 0 fully saturated rings. The summed E-state index contributed by atoms with van der Waals surface area (Å²) >= 11 is 0. The van der Waals surface area contributed by atoms with Crippen LogP contribution in [-0.2, 0) is 16.0 Å². The van der Waals surface area contributed by atoms with E-state index in [0.717, 1.165) is 16.7 Å². The fourth-order valence-corrected chi connectivity index (χ4v) is 3.04. The van der Waals surface area contributed by atoms with Crippen LogP contribution < -0.4 is 0 Å². The zero-order chi connectivity index (χ0) is 21.5. The van der Waals surface area contributed by atoms with Crippen molar-refractivity contribution in [3.05, 3.63) is 96.4 Å². The molecule has 154 valence electrons. The molecule has 0 aliphatic heterocycles. The van der Waals surface area contributed by atoms with Gasteiger partial charge in [-0.2, -0.15) is 0 Å². The largest absolute Gasteiger partial charge is 0.457 e. The molecule has 0 spiro atoms. The average molecular weight is 412 g/mol. The second kappa shape index (κ2) is 9.63. The van der Waals surface area contributed by atoms with Gasteiger partial charge in [-0.25, -0.2) is 0 Å². The summed E-state index contributed by atoms with van der Waals surface area (Å²) in [6, 6.07) is 26.5. The number of esters is 1. The van der Waals surface area contributed by atoms with Crippen LogP contribution in [0, 0.1) is 0 Å². The maximum atomic E-state index is 12.3. The maximum Gasteiger partial charge on any atom is 0.306 e. The van der Waals surface area contributed by atoms with Crippen LogP contribution in [0.1, 0.15) is 22.7 Å². The van der Waals surface area contributed by atoms with Gasteiger partial charge in [0.2, 0.25) is 11.8 Å². The monoisotopic (exact) mass is 412 g/mol. The second-order valence-electron chi connectivity index (χ2n) is 6.89. The van der Waals surface area contributed by atoms with Crippen LogP contribution >= 0.6 is 0 Å². The Bertz CT molecular complexity index is 1150. The number of rotatable bonds is 8. The minimum atomic E-state index is -0.492. The molecule has 1 aromatic heterocycles. The number of hydrogen-bond donors (Lipinski definition) is 0. The molecule has 3 aromatic carbocycles. The van der Waals surface area contributed by atoms with E-state index in [4.69, 9.17) is 9.15 Å². The number of benzene rings is 3. The highest BCUT2D eigenvalue weighted by Crippen LogP contribution is 2.20. The first-order valence-corrected chi connectivity index (χ1v) is 9.91. The third kappa shape index (κ3) is 5.30. The van der Waals surface area contributed by atoms with Gasteiger partial charge in [-0.15, -0.1) is 10.2 Å². The molecular weight excluding hydrogens is 392 g/mol. The molecular formula is C25H20N2O4. The van der Waals surface area contributed by atoms with Crippen molar-refractivity contribution in [2.24, 2.45) is 0 Å². The average Bonchev–Trinajstić information content (AvgIpc) is 3.31. The zero-order valence-corrected chi connectivity index (χ0v) is 16.7. The van der Waals surface area contributed by atoms with Gasteiger partial charge >= 0.3 is 5.97 Å². The van der Waals surface area contributed by atoms with Crippen molar-refractivity contribution in [1.82, 2.24) is 10.2 Å². The highest BCUT2D eigenvalue weighted by Gasteiger charge is 2.13. The molecule has 0 aliphatic carbocycles. The Hall–Kier alpha value is -4.06. The number of aromatic nitrogens is 2. The van der Waals surface area contributed by atoms with Crippen LogP contribution in [-0.4, -0.2) is 28.6 Å². The number of carbonyl (C=O) groups is 2. The van der Waals surface area contributed by atoms with Gasteiger partial charge in [-0.1, -0.05) is 72.8 Å². The third-order valence-corrected chi connectivity index (χ3v) is 4.71. The van der Waals surface area contributed by atoms with Crippen LogP contribution in [0.25, 0.3) is 22.6 Å². The molecule has 4 aromatic rings. The molecule has 31 heavy (non-hydrogen) atoms. The van der Waals surface area contributed by atoms with E-state index in [1.54, 1.807) is 12.1 Å². The molecule has 1 heterocycles. The lowest BCUT2D eigenvalue weighted by molar-refractivity contribution is -0.142. The van der Waals surface area contributed by atoms with Crippen molar-refractivity contribution >= 4 is 11.8 Å². The maximum absolute atomic E-state index is 12.3. The summed E-state index contributed by atoms with van der Waals surface area (Å²) in [4.78, 5) is 24.3. The first-order chi connectivity index (χ1) is 15.2. The van der Waals surface area contributed by atoms with E-state index in [1.165, 1.54) is 0 Å². The van der Waals surface area contributed by atoms with Gasteiger partial charge in [0, 0.05) is 17.5 Å². The first-order valence-electron chi connectivity index (χ1n) is 9.91. The van der Waals surface area contributed by atoms with Crippen LogP contribution in [0.15, 0.2) is 89.3 Å². The van der Waals surface area contributed by atoms with Gasteiger partial charge in [0.25, 0.3) is 0 Å². The quantitative estimate of drug-likeness (QED) is 0.306. The Kier molecular flexibility index (Phi) is 6.28. The topological polar surface area (TPSA) is 82.3 Å². The summed E-state index contributed by atoms with van der Waals surface area (Å²) in [7, 11) is 0. The van der Waals surface area contributed by atoms with Gasteiger partial charge in [0.1, 0.15) is 0 Å². The lowest BCUT2D eigenvalue weighted by Crippen LogP contribution is -2.14. The highest BCUT2D eigenvalue weighted by molar-refractivity contribution is 5.98. The summed E-state index contributed by atoms with van der Waals surface area (Å²) in [5, 5.41) is 7.93. The van der Waals surface area contributed by atoms with Crippen molar-refractivity contribution in [1.29, 1.82) is 0 Å². The van der Waals surface area contributed by atoms with Crippen molar-refractivity contribution < 1.29 is 18.7 Å². The molecule has 0 atom stereocenters. The van der Waals surface area contributed by atoms with Crippen LogP contribution in [0.3, 0.4) is 0 Å². The molecule has 0 bridgehead atoms. The van der Waals surface area contributed by atoms with Crippen LogP contribution in [0.2, 0.25) is 0 Å². The molecule has 0 N–H and O–H groups in total. The molecule has 0 aliphatic rings. The van der Waals surface area contributed by atoms with Gasteiger partial charge in [-0.3, -0.25) is 9.59 Å². The molecule has 4 rings (SSSR count). The van der Waals surface area contributed by atoms with Crippen molar-refractivity contribution in [3.8, 4) is 22.6 Å². The predicted octanol–water partition coefficient (Wildman–Crippen LogP) is 4.76. The van der Waals surface area contributed by atoms with Crippen molar-refractivity contribution in [2.75, 3.05) is 6.61 Å². The fourth-order valence-electron chi connectivity index (χ4n) is 3.04. The zero-order valence-electron chi connectivity index (χ0n) is 16.7. The Labute approximate surface area is 179 Å². The Balaban J connectivity index is 1.25. The highest BCUT2D eigenvalue weighted by atomic mass is 16.5. The molecule has 6 heteroatoms. The summed E-state index contributed by atoms with van der Waals surface area (Å²) in [6.45, 7) is -0.303. The lowest BCUT2D eigenvalue weighted by Gasteiger charge is -2.05. The number of carbonyl (C=O) groups excluding carboxylic acids is 2. The first kappa shape index (κ1) is 20.2. The minimum Gasteiger partial charge on any atom is -0.457 e. The molecule has 6 nitrogen and oxygen atoms in total. The van der Waals surface area contributed by atoms with Crippen molar-refractivity contribution in [2.45, 2.75) is 12.8 Å². The van der Waals surface area contributed by atoms with E-state index in [2.05, 4.69) is 10.2 Å². The van der Waals surface area contributed by atoms with Crippen molar-refractivity contribution in [3.63, 3.8) is 0 Å². The minimum absolute atomic E-state index is 0.0522. The molecule has 0 saturated carbocycles. The van der Waals surface area contributed by atoms with Gasteiger partial charge in [0.05, 0.1) is 6.42 Å². The van der Waals surface area contributed by atoms with E-state index >= 15 is 0 Å². The lowest BCUT2D eigenvalue weighted by atomic mass is 10.0. The number of ketones is 1. The van der Waals surface area contributed by atoms with Crippen LogP contribution in [0.4, 0.5) is 0 Å². The second-order valence-corrected chi connectivity index (χ2v) is 6.89. The molecule has 0 unspecified atom stereocenters. The van der Waals surface area contributed by atoms with Crippen LogP contribution in [0.5, 0.6) is 0 Å². The fraction of sp³-hybridized carbons (Fsp3) is 0.120. The molecule has 0 saturated heterocycles. The predicted molar refractivity (Wildman–Crippen MR) is 115 cm³/mol. The number of ether oxygens (including phenoxy) is 1. The van der Waals surface area contributed by atoms with Gasteiger partial charge in [0.15, 0.2) is 12.4 Å². The van der Waals surface area contributed by atoms with E-state index in [1.807, 2.05) is 72.8 Å². The summed E-state index contributed by atoms with van der Waals surface area (Å²) in [6.07, 6.45) is 0.301. The Morgan fingerprint density at radius 3 is 2.03 bits per heavy atom. The van der Waals surface area contributed by atoms with Gasteiger partial charge in [-0.05, 0) is 23.3 Å². The summed E-state index contributed by atoms with van der Waals surface area (Å²) < 4.78 is 10.7. The van der Waals surface area contributed by atoms with Gasteiger partial charge < -0.3 is 9.15 Å². The van der Waals surface area contributed by atoms with E-state index in [0.29, 0.717) is 17.3 Å². The smallest absolute Gasteiger partial charge is 0.306 e. The number of hydrogen-bond acceptors (Lipinski definition) is 6. The van der Waals surface area contributed by atoms with E-state index in [9.17, 15) is 9.59 Å². The van der Waals surface area contributed by atoms with E-state index in [-0.39, 0.29) is 25.2 Å². The summed E-state index contributed by atoms with van der Waals surface area (Å²) in [5.74, 6) is 0.00237. The number of Topliss-reactive ketones (excluding diaryl/α,β-unsaturated/α-hetero) is 1. The van der Waals surface area contributed by atoms with E-state index < -0.39 is 5.97 Å². The SMILES string of the molecule is O=C(CCc1nnc(-c2ccccc2)o1)OCC(=O)c1ccc(-c2ccccc2)cc1. The number of nitrogens with zero attached hydrogens (tertiary/aromatic N) is 2. The Morgan fingerprint density at radius 2 is 1.35 bits per heavy atom. The normalized spacial score (nSPS) is 10.6. The molecule has 0 radical (unpaired) electrons. The Morgan fingerprint density at radius 1 is 0.742 bits per heavy atom. The summed E-state index contributed by atoms with van der Waals surface area (Å²) in [5.41, 5.74) is 3.40. The third-order valence-electron chi connectivity index (χ3n) is 4.71. The molecule has 0 amide bonds.